The molecule has 25 heavy (non-hydrogen) atoms. The number of ether oxygens (including phenoxy) is 1. The van der Waals surface area contributed by atoms with Crippen LogP contribution in [0.2, 0.25) is 10.0 Å². The van der Waals surface area contributed by atoms with Crippen molar-refractivity contribution in [3.63, 3.8) is 0 Å². The molecule has 1 amide bonds. The second-order valence-electron chi connectivity index (χ2n) is 4.92. The lowest BCUT2D eigenvalue weighted by molar-refractivity contribution is 0.0948. The topological polar surface area (TPSA) is 76.1 Å². The van der Waals surface area contributed by atoms with Crippen LogP contribution in [-0.4, -0.2) is 35.7 Å². The van der Waals surface area contributed by atoms with Crippen LogP contribution < -0.4 is 15.4 Å². The molecule has 136 valence electrons. The Morgan fingerprint density at radius 1 is 1.12 bits per heavy atom. The van der Waals surface area contributed by atoms with E-state index in [0.29, 0.717) is 28.9 Å². The van der Waals surface area contributed by atoms with Crippen LogP contribution in [-0.2, 0) is 0 Å². The molecule has 0 spiro atoms. The highest BCUT2D eigenvalue weighted by atomic mass is 35.5. The van der Waals surface area contributed by atoms with Crippen LogP contribution >= 0.6 is 35.6 Å². The Bertz CT molecular complexity index is 684. The minimum atomic E-state index is -0.284. The fourth-order valence-electron chi connectivity index (χ4n) is 1.83. The zero-order valence-corrected chi connectivity index (χ0v) is 15.9. The summed E-state index contributed by atoms with van der Waals surface area (Å²) < 4.78 is 5.52. The van der Waals surface area contributed by atoms with Gasteiger partial charge in [-0.05, 0) is 31.2 Å². The number of nitrogens with one attached hydrogen (secondary N) is 2. The maximum Gasteiger partial charge on any atom is 0.271 e. The van der Waals surface area contributed by atoms with Gasteiger partial charge in [0.2, 0.25) is 5.88 Å². The van der Waals surface area contributed by atoms with Gasteiger partial charge in [-0.1, -0.05) is 36.2 Å². The summed E-state index contributed by atoms with van der Waals surface area (Å²) in [6.45, 7) is 4.24. The van der Waals surface area contributed by atoms with Crippen LogP contribution in [0, 0.1) is 0 Å². The average Bonchev–Trinajstić information content (AvgIpc) is 2.59. The second-order valence-corrected chi connectivity index (χ2v) is 5.70. The highest BCUT2D eigenvalue weighted by Gasteiger charge is 2.10. The van der Waals surface area contributed by atoms with Crippen molar-refractivity contribution in [3.05, 3.63) is 46.1 Å². The molecule has 2 N–H and O–H groups in total. The third-order valence-electron chi connectivity index (χ3n) is 3.02. The average molecular weight is 406 g/mol. The van der Waals surface area contributed by atoms with Crippen molar-refractivity contribution in [2.24, 2.45) is 0 Å². The lowest BCUT2D eigenvalue weighted by atomic mass is 10.3. The van der Waals surface area contributed by atoms with E-state index < -0.39 is 0 Å². The van der Waals surface area contributed by atoms with Crippen molar-refractivity contribution in [1.29, 1.82) is 0 Å². The van der Waals surface area contributed by atoms with E-state index in [4.69, 9.17) is 27.9 Å². The summed E-state index contributed by atoms with van der Waals surface area (Å²) in [5, 5.41) is 14.4. The zero-order valence-electron chi connectivity index (χ0n) is 13.6. The molecule has 0 aliphatic rings. The van der Waals surface area contributed by atoms with Crippen molar-refractivity contribution < 1.29 is 9.53 Å². The number of nitrogens with zero attached hydrogens (tertiary/aromatic N) is 2. The van der Waals surface area contributed by atoms with E-state index in [1.54, 1.807) is 24.3 Å². The molecular formula is C16H19Cl3N4O2. The first kappa shape index (κ1) is 21.4. The van der Waals surface area contributed by atoms with Gasteiger partial charge in [0.05, 0.1) is 5.02 Å². The first-order chi connectivity index (χ1) is 11.6. The molecule has 6 nitrogen and oxygen atoms in total. The van der Waals surface area contributed by atoms with Crippen LogP contribution in [0.25, 0.3) is 0 Å². The zero-order chi connectivity index (χ0) is 17.4. The van der Waals surface area contributed by atoms with Crippen LogP contribution in [0.15, 0.2) is 30.3 Å². The Balaban J connectivity index is 0.00000312. The van der Waals surface area contributed by atoms with Crippen LogP contribution in [0.1, 0.15) is 23.8 Å². The predicted octanol–water partition coefficient (Wildman–Crippen LogP) is 3.73. The molecule has 2 aromatic rings. The molecule has 1 heterocycles. The number of halogens is 3. The largest absolute Gasteiger partial charge is 0.436 e. The lowest BCUT2D eigenvalue weighted by Crippen LogP contribution is -2.32. The number of aromatic nitrogens is 2. The number of benzene rings is 1. The molecule has 0 bridgehead atoms. The first-order valence-electron chi connectivity index (χ1n) is 7.56. The SMILES string of the molecule is CCCNCCNC(=O)c1ccc(Oc2cccc(Cl)c2Cl)nn1.Cl. The predicted molar refractivity (Wildman–Crippen MR) is 101 cm³/mol. The highest BCUT2D eigenvalue weighted by molar-refractivity contribution is 6.42. The van der Waals surface area contributed by atoms with Crippen molar-refractivity contribution in [1.82, 2.24) is 20.8 Å². The first-order valence-corrected chi connectivity index (χ1v) is 8.32. The Labute approximate surface area is 162 Å². The summed E-state index contributed by atoms with van der Waals surface area (Å²) in [6.07, 6.45) is 1.05. The van der Waals surface area contributed by atoms with Gasteiger partial charge in [0, 0.05) is 19.2 Å². The van der Waals surface area contributed by atoms with Crippen molar-refractivity contribution >= 4 is 41.5 Å². The second kappa shape index (κ2) is 11.1. The molecule has 0 saturated heterocycles. The number of rotatable bonds is 8. The minimum Gasteiger partial charge on any atom is -0.436 e. The van der Waals surface area contributed by atoms with E-state index in [2.05, 4.69) is 27.8 Å². The third kappa shape index (κ3) is 6.66. The van der Waals surface area contributed by atoms with E-state index in [9.17, 15) is 4.79 Å². The van der Waals surface area contributed by atoms with Gasteiger partial charge in [-0.15, -0.1) is 22.6 Å². The summed E-state index contributed by atoms with van der Waals surface area (Å²) in [5.41, 5.74) is 0.218. The molecule has 2 rings (SSSR count). The summed E-state index contributed by atoms with van der Waals surface area (Å²) >= 11 is 12.0. The van der Waals surface area contributed by atoms with Gasteiger partial charge < -0.3 is 15.4 Å². The maximum atomic E-state index is 11.9. The quantitative estimate of drug-likeness (QED) is 0.655. The lowest BCUT2D eigenvalue weighted by Gasteiger charge is -2.08. The number of amides is 1. The molecular weight excluding hydrogens is 387 g/mol. The summed E-state index contributed by atoms with van der Waals surface area (Å²) in [4.78, 5) is 11.9. The van der Waals surface area contributed by atoms with Crippen LogP contribution in [0.4, 0.5) is 0 Å². The molecule has 0 aliphatic carbocycles. The van der Waals surface area contributed by atoms with Crippen molar-refractivity contribution in [2.75, 3.05) is 19.6 Å². The number of hydrogen-bond acceptors (Lipinski definition) is 5. The molecule has 0 aliphatic heterocycles. The molecule has 9 heteroatoms. The minimum absolute atomic E-state index is 0. The molecule has 0 atom stereocenters. The number of hydrogen-bond donors (Lipinski definition) is 2. The normalized spacial score (nSPS) is 10.0. The van der Waals surface area contributed by atoms with E-state index >= 15 is 0 Å². The monoisotopic (exact) mass is 404 g/mol. The van der Waals surface area contributed by atoms with Gasteiger partial charge in [-0.25, -0.2) is 0 Å². The Hall–Kier alpha value is -1.60. The highest BCUT2D eigenvalue weighted by Crippen LogP contribution is 2.33. The van der Waals surface area contributed by atoms with Gasteiger partial charge in [0.25, 0.3) is 5.91 Å². The third-order valence-corrected chi connectivity index (χ3v) is 3.82. The van der Waals surface area contributed by atoms with Gasteiger partial charge in [0.15, 0.2) is 5.69 Å². The summed E-state index contributed by atoms with van der Waals surface area (Å²) in [7, 11) is 0. The van der Waals surface area contributed by atoms with E-state index in [-0.39, 0.29) is 29.9 Å². The van der Waals surface area contributed by atoms with Crippen LogP contribution in [0.5, 0.6) is 11.6 Å². The molecule has 0 radical (unpaired) electrons. The van der Waals surface area contributed by atoms with Gasteiger partial charge in [0.1, 0.15) is 10.8 Å². The van der Waals surface area contributed by atoms with Crippen molar-refractivity contribution in [3.8, 4) is 11.6 Å². The Morgan fingerprint density at radius 3 is 2.60 bits per heavy atom. The van der Waals surface area contributed by atoms with Gasteiger partial charge >= 0.3 is 0 Å². The number of carbonyl (C=O) groups is 1. The molecule has 0 saturated carbocycles. The van der Waals surface area contributed by atoms with E-state index in [1.165, 1.54) is 6.07 Å². The van der Waals surface area contributed by atoms with Gasteiger partial charge in [-0.2, -0.15) is 0 Å². The summed E-state index contributed by atoms with van der Waals surface area (Å²) in [5.74, 6) is 0.311. The smallest absolute Gasteiger partial charge is 0.271 e. The molecule has 1 aromatic heterocycles. The Morgan fingerprint density at radius 2 is 1.92 bits per heavy atom. The van der Waals surface area contributed by atoms with E-state index in [0.717, 1.165) is 13.0 Å². The fraction of sp³-hybridized carbons (Fsp3) is 0.312. The summed E-state index contributed by atoms with van der Waals surface area (Å²) in [6, 6.07) is 8.13. The Kier molecular flexibility index (Phi) is 9.52. The van der Waals surface area contributed by atoms with Crippen molar-refractivity contribution in [2.45, 2.75) is 13.3 Å². The van der Waals surface area contributed by atoms with E-state index in [1.807, 2.05) is 0 Å². The molecule has 1 aromatic carbocycles. The number of carbonyl (C=O) groups excluding carboxylic acids is 1. The van der Waals surface area contributed by atoms with Gasteiger partial charge in [-0.3, -0.25) is 4.79 Å². The van der Waals surface area contributed by atoms with Crippen LogP contribution in [0.3, 0.4) is 0 Å². The molecule has 0 fully saturated rings. The fourth-order valence-corrected chi connectivity index (χ4v) is 2.16. The standard InChI is InChI=1S/C16H18Cl2N4O2.ClH/c1-2-8-19-9-10-20-16(23)12-6-7-14(22-21-12)24-13-5-3-4-11(17)15(13)18;/h3-7,19H,2,8-10H2,1H3,(H,20,23);1H. The molecule has 0 unspecified atom stereocenters. The maximum absolute atomic E-state index is 11.9.